The Hall–Kier alpha value is -2.15. The second-order valence-electron chi connectivity index (χ2n) is 13.7. The van der Waals surface area contributed by atoms with Gasteiger partial charge in [-0.05, 0) is 91.3 Å². The lowest BCUT2D eigenvalue weighted by molar-refractivity contribution is -0.150. The first-order valence-electron chi connectivity index (χ1n) is 19.9. The normalized spacial score (nSPS) is 11.7. The van der Waals surface area contributed by atoms with Crippen molar-refractivity contribution in [2.45, 2.75) is 187 Å². The molecule has 0 saturated heterocycles. The number of unbranched alkanes of at least 4 members (excludes halogenated alkanes) is 18. The summed E-state index contributed by atoms with van der Waals surface area (Å²) in [6.07, 6.45) is 34.9. The van der Waals surface area contributed by atoms with Gasteiger partial charge in [-0.25, -0.2) is 9.59 Å². The molecule has 0 fully saturated rings. The Morgan fingerprint density at radius 2 is 0.958 bits per heavy atom. The molecule has 0 spiro atoms. The van der Waals surface area contributed by atoms with E-state index in [4.69, 9.17) is 14.2 Å². The lowest BCUT2D eigenvalue weighted by Gasteiger charge is -2.18. The van der Waals surface area contributed by atoms with Gasteiger partial charge in [0.25, 0.3) is 0 Å². The maximum atomic E-state index is 12.5. The number of esters is 3. The maximum Gasteiger partial charge on any atom is 0.330 e. The number of carbonyl (C=O) groups is 3. The average Bonchev–Trinajstić information content (AvgIpc) is 3.05. The minimum absolute atomic E-state index is 0.0323. The average molecular weight is 678 g/mol. The van der Waals surface area contributed by atoms with Gasteiger partial charge < -0.3 is 19.1 Å². The first-order chi connectivity index (χ1) is 23.4. The highest BCUT2D eigenvalue weighted by molar-refractivity contribution is 5.82. The standard InChI is InChI=1S/C41H75NO6/c1-5-7-9-27-36-46-39(43)32-25-21-17-13-11-15-19-23-30-38(48-41(45)34-29-35-42(3)4)31-24-20-16-12-14-18-22-26-33-40(44)47-37-28-10-8-6-2/h25-26,32-33,38H,5-24,27-31,34-37H2,1-4H3/b32-25-,33-26-. The number of nitrogens with zero attached hydrogens (tertiary/aromatic N) is 1. The SMILES string of the molecule is CCCCCCOC(=O)/C=C\CCCCCCCCC(CCCCCCCC/C=C\C(=O)OCCCCCC)OC(=O)CCCN(C)C. The molecule has 0 aliphatic rings. The van der Waals surface area contributed by atoms with Crippen molar-refractivity contribution in [2.75, 3.05) is 33.9 Å². The number of allylic oxidation sites excluding steroid dienone is 2. The third-order valence-corrected chi connectivity index (χ3v) is 8.57. The zero-order valence-corrected chi connectivity index (χ0v) is 31.8. The molecule has 0 atom stereocenters. The van der Waals surface area contributed by atoms with Crippen LogP contribution in [0.4, 0.5) is 0 Å². The maximum absolute atomic E-state index is 12.5. The molecule has 0 aromatic rings. The van der Waals surface area contributed by atoms with Crippen LogP contribution in [0.25, 0.3) is 0 Å². The third kappa shape index (κ3) is 35.2. The second-order valence-corrected chi connectivity index (χ2v) is 13.7. The monoisotopic (exact) mass is 678 g/mol. The van der Waals surface area contributed by atoms with Crippen molar-refractivity contribution in [2.24, 2.45) is 0 Å². The van der Waals surface area contributed by atoms with Crippen molar-refractivity contribution >= 4 is 17.9 Å². The van der Waals surface area contributed by atoms with Gasteiger partial charge in [0, 0.05) is 18.6 Å². The van der Waals surface area contributed by atoms with Crippen molar-refractivity contribution < 1.29 is 28.6 Å². The van der Waals surface area contributed by atoms with Crippen molar-refractivity contribution in [3.63, 3.8) is 0 Å². The molecular weight excluding hydrogens is 602 g/mol. The fraction of sp³-hybridized carbons (Fsp3) is 0.829. The van der Waals surface area contributed by atoms with Crippen molar-refractivity contribution in [1.29, 1.82) is 0 Å². The molecule has 0 saturated carbocycles. The first kappa shape index (κ1) is 45.9. The summed E-state index contributed by atoms with van der Waals surface area (Å²) in [7, 11) is 4.06. The smallest absolute Gasteiger partial charge is 0.330 e. The van der Waals surface area contributed by atoms with Crippen LogP contribution in [0, 0.1) is 0 Å². The van der Waals surface area contributed by atoms with Crippen LogP contribution >= 0.6 is 0 Å². The van der Waals surface area contributed by atoms with Crippen LogP contribution in [0.1, 0.15) is 181 Å². The summed E-state index contributed by atoms with van der Waals surface area (Å²) in [5, 5.41) is 0. The van der Waals surface area contributed by atoms with E-state index >= 15 is 0 Å². The predicted octanol–water partition coefficient (Wildman–Crippen LogP) is 10.8. The zero-order valence-electron chi connectivity index (χ0n) is 31.8. The molecule has 0 amide bonds. The van der Waals surface area contributed by atoms with Gasteiger partial charge in [0.1, 0.15) is 6.10 Å². The van der Waals surface area contributed by atoms with Crippen LogP contribution in [-0.2, 0) is 28.6 Å². The molecule has 0 heterocycles. The van der Waals surface area contributed by atoms with E-state index in [0.717, 1.165) is 90.0 Å². The van der Waals surface area contributed by atoms with Gasteiger partial charge in [-0.2, -0.15) is 0 Å². The van der Waals surface area contributed by atoms with Crippen molar-refractivity contribution in [1.82, 2.24) is 4.90 Å². The molecule has 0 aliphatic heterocycles. The lowest BCUT2D eigenvalue weighted by Crippen LogP contribution is -2.20. The quantitative estimate of drug-likeness (QED) is 0.0286. The van der Waals surface area contributed by atoms with Crippen LogP contribution in [0.3, 0.4) is 0 Å². The van der Waals surface area contributed by atoms with Gasteiger partial charge in [-0.1, -0.05) is 116 Å². The Morgan fingerprint density at radius 1 is 0.542 bits per heavy atom. The molecule has 0 unspecified atom stereocenters. The van der Waals surface area contributed by atoms with Crippen LogP contribution in [0.5, 0.6) is 0 Å². The molecule has 0 aliphatic carbocycles. The van der Waals surface area contributed by atoms with E-state index < -0.39 is 0 Å². The fourth-order valence-electron chi connectivity index (χ4n) is 5.59. The van der Waals surface area contributed by atoms with E-state index in [1.807, 2.05) is 26.2 Å². The summed E-state index contributed by atoms with van der Waals surface area (Å²) in [6.45, 7) is 6.30. The Labute approximate surface area is 296 Å². The van der Waals surface area contributed by atoms with Crippen LogP contribution in [0.15, 0.2) is 24.3 Å². The molecule has 0 aromatic carbocycles. The van der Waals surface area contributed by atoms with Gasteiger partial charge in [0.15, 0.2) is 0 Å². The highest BCUT2D eigenvalue weighted by Gasteiger charge is 2.14. The minimum atomic E-state index is -0.215. The number of hydrogen-bond donors (Lipinski definition) is 0. The number of hydrogen-bond acceptors (Lipinski definition) is 7. The van der Waals surface area contributed by atoms with E-state index in [1.54, 1.807) is 12.2 Å². The van der Waals surface area contributed by atoms with Crippen LogP contribution in [-0.4, -0.2) is 62.8 Å². The first-order valence-corrected chi connectivity index (χ1v) is 19.9. The summed E-state index contributed by atoms with van der Waals surface area (Å²) in [6, 6.07) is 0. The molecular formula is C41H75NO6. The Kier molecular flexibility index (Phi) is 34.5. The zero-order chi connectivity index (χ0) is 35.3. The molecule has 0 aromatic heterocycles. The fourth-order valence-corrected chi connectivity index (χ4v) is 5.59. The summed E-state index contributed by atoms with van der Waals surface area (Å²) in [4.78, 5) is 38.1. The van der Waals surface area contributed by atoms with E-state index in [2.05, 4.69) is 18.7 Å². The van der Waals surface area contributed by atoms with E-state index in [1.165, 1.54) is 77.0 Å². The van der Waals surface area contributed by atoms with Crippen molar-refractivity contribution in [3.05, 3.63) is 24.3 Å². The summed E-state index contributed by atoms with van der Waals surface area (Å²) >= 11 is 0. The van der Waals surface area contributed by atoms with E-state index in [9.17, 15) is 14.4 Å². The van der Waals surface area contributed by atoms with Gasteiger partial charge in [0.2, 0.25) is 0 Å². The summed E-state index contributed by atoms with van der Waals surface area (Å²) in [5.41, 5.74) is 0. The molecule has 48 heavy (non-hydrogen) atoms. The van der Waals surface area contributed by atoms with Crippen molar-refractivity contribution in [3.8, 4) is 0 Å². The largest absolute Gasteiger partial charge is 0.463 e. The van der Waals surface area contributed by atoms with Gasteiger partial charge in [-0.15, -0.1) is 0 Å². The Bertz CT molecular complexity index is 757. The molecule has 0 N–H and O–H groups in total. The van der Waals surface area contributed by atoms with Crippen LogP contribution < -0.4 is 0 Å². The van der Waals surface area contributed by atoms with E-state index in [0.29, 0.717) is 19.6 Å². The molecule has 7 heteroatoms. The molecule has 0 bridgehead atoms. The summed E-state index contributed by atoms with van der Waals surface area (Å²) < 4.78 is 16.4. The number of ether oxygens (including phenoxy) is 3. The summed E-state index contributed by atoms with van der Waals surface area (Å²) in [5.74, 6) is -0.482. The van der Waals surface area contributed by atoms with E-state index in [-0.39, 0.29) is 24.0 Å². The molecule has 0 radical (unpaired) electrons. The van der Waals surface area contributed by atoms with Gasteiger partial charge in [-0.3, -0.25) is 4.79 Å². The lowest BCUT2D eigenvalue weighted by atomic mass is 10.0. The van der Waals surface area contributed by atoms with Crippen LogP contribution in [0.2, 0.25) is 0 Å². The highest BCUT2D eigenvalue weighted by Crippen LogP contribution is 2.18. The molecule has 0 rings (SSSR count). The molecule has 280 valence electrons. The topological polar surface area (TPSA) is 82.1 Å². The minimum Gasteiger partial charge on any atom is -0.463 e. The molecule has 7 nitrogen and oxygen atoms in total. The Balaban J connectivity index is 4.08. The van der Waals surface area contributed by atoms with Gasteiger partial charge >= 0.3 is 17.9 Å². The van der Waals surface area contributed by atoms with Gasteiger partial charge in [0.05, 0.1) is 13.2 Å². The number of rotatable bonds is 35. The predicted molar refractivity (Wildman–Crippen MR) is 200 cm³/mol. The number of carbonyl (C=O) groups excluding carboxylic acids is 3. The highest BCUT2D eigenvalue weighted by atomic mass is 16.5. The Morgan fingerprint density at radius 3 is 1.40 bits per heavy atom. The third-order valence-electron chi connectivity index (χ3n) is 8.57. The second kappa shape index (κ2) is 36.1.